The van der Waals surface area contributed by atoms with Gasteiger partial charge in [-0.05, 0) is 38.8 Å². The Morgan fingerprint density at radius 1 is 0.769 bits per heavy atom. The van der Waals surface area contributed by atoms with Gasteiger partial charge in [-0.25, -0.2) is 4.57 Å². The van der Waals surface area contributed by atoms with Crippen LogP contribution in [-0.4, -0.2) is 17.1 Å². The van der Waals surface area contributed by atoms with Crippen LogP contribution >= 0.6 is 7.82 Å². The van der Waals surface area contributed by atoms with Gasteiger partial charge >= 0.3 is 7.82 Å². The Labute approximate surface area is 156 Å². The van der Waals surface area contributed by atoms with Crippen LogP contribution in [0.15, 0.2) is 60.7 Å². The molecule has 0 N–H and O–H groups in total. The predicted octanol–water partition coefficient (Wildman–Crippen LogP) is 5.58. The Morgan fingerprint density at radius 3 is 1.50 bits per heavy atom. The van der Waals surface area contributed by atoms with Gasteiger partial charge in [0, 0.05) is 12.1 Å². The highest BCUT2D eigenvalue weighted by molar-refractivity contribution is 7.48. The van der Waals surface area contributed by atoms with Gasteiger partial charge in [-0.15, -0.1) is 0 Å². The number of nitrogens with zero attached hydrogens (tertiary/aromatic N) is 1. The number of phosphoric acid groups is 1. The Balaban J connectivity index is 2.11. The first-order valence-corrected chi connectivity index (χ1v) is 10.3. The minimum absolute atomic E-state index is 0.0315. The van der Waals surface area contributed by atoms with E-state index < -0.39 is 7.82 Å². The van der Waals surface area contributed by atoms with E-state index in [0.717, 1.165) is 11.1 Å². The van der Waals surface area contributed by atoms with E-state index in [-0.39, 0.29) is 25.3 Å². The molecule has 0 heterocycles. The molecule has 5 nitrogen and oxygen atoms in total. The summed E-state index contributed by atoms with van der Waals surface area (Å²) in [7, 11) is -3.79. The van der Waals surface area contributed by atoms with Crippen molar-refractivity contribution in [2.24, 2.45) is 0 Å². The number of hydrogen-bond donors (Lipinski definition) is 0. The number of hydroxylamine groups is 2. The molecule has 0 radical (unpaired) electrons. The van der Waals surface area contributed by atoms with Gasteiger partial charge in [-0.3, -0.25) is 9.05 Å². The van der Waals surface area contributed by atoms with Crippen molar-refractivity contribution in [1.29, 1.82) is 0 Å². The van der Waals surface area contributed by atoms with Gasteiger partial charge in [0.25, 0.3) is 0 Å². The van der Waals surface area contributed by atoms with Crippen LogP contribution in [0.5, 0.6) is 0 Å². The van der Waals surface area contributed by atoms with E-state index in [9.17, 15) is 4.57 Å². The molecular formula is C20H28NO4P. The highest BCUT2D eigenvalue weighted by atomic mass is 31.2. The summed E-state index contributed by atoms with van der Waals surface area (Å²) in [6.45, 7) is 8.18. The molecule has 0 aliphatic heterocycles. The van der Waals surface area contributed by atoms with E-state index in [4.69, 9.17) is 13.7 Å². The third-order valence-corrected chi connectivity index (χ3v) is 4.96. The summed E-state index contributed by atoms with van der Waals surface area (Å²) in [4.78, 5) is 0. The molecule has 0 aliphatic rings. The summed E-state index contributed by atoms with van der Waals surface area (Å²) >= 11 is 0. The third kappa shape index (κ3) is 6.67. The molecule has 0 amide bonds. The fraction of sp³-hybridized carbons (Fsp3) is 0.400. The quantitative estimate of drug-likeness (QED) is 0.400. The van der Waals surface area contributed by atoms with Crippen molar-refractivity contribution in [2.45, 2.75) is 53.0 Å². The van der Waals surface area contributed by atoms with Crippen LogP contribution in [0, 0.1) is 0 Å². The zero-order valence-electron chi connectivity index (χ0n) is 15.9. The monoisotopic (exact) mass is 377 g/mol. The van der Waals surface area contributed by atoms with E-state index in [1.807, 2.05) is 88.4 Å². The van der Waals surface area contributed by atoms with Crippen molar-refractivity contribution >= 4 is 7.82 Å². The highest BCUT2D eigenvalue weighted by Crippen LogP contribution is 2.52. The van der Waals surface area contributed by atoms with Crippen LogP contribution in [0.3, 0.4) is 0 Å². The van der Waals surface area contributed by atoms with Crippen molar-refractivity contribution in [3.63, 3.8) is 0 Å². The molecule has 0 unspecified atom stereocenters. The smallest absolute Gasteiger partial charge is 0.281 e. The van der Waals surface area contributed by atoms with Crippen molar-refractivity contribution in [1.82, 2.24) is 5.06 Å². The zero-order chi connectivity index (χ0) is 19.0. The summed E-state index contributed by atoms with van der Waals surface area (Å²) in [5, 5.41) is 1.65. The minimum Gasteiger partial charge on any atom is -0.281 e. The number of rotatable bonds is 10. The van der Waals surface area contributed by atoms with Crippen LogP contribution in [0.25, 0.3) is 0 Å². The third-order valence-electron chi connectivity index (χ3n) is 3.68. The van der Waals surface area contributed by atoms with E-state index >= 15 is 0 Å². The molecule has 0 fully saturated rings. The van der Waals surface area contributed by atoms with Crippen LogP contribution < -0.4 is 0 Å². The van der Waals surface area contributed by atoms with Crippen molar-refractivity contribution < 1.29 is 18.2 Å². The lowest BCUT2D eigenvalue weighted by Gasteiger charge is -2.31. The standard InChI is InChI=1S/C20H28NO4P/c1-17(2)21(18(3)4)25-26(22,23-15-19-11-7-5-8-12-19)24-16-20-13-9-6-10-14-20/h5-14,17-18H,15-16H2,1-4H3. The van der Waals surface area contributed by atoms with Crippen LogP contribution in [-0.2, 0) is 31.5 Å². The summed E-state index contributed by atoms with van der Waals surface area (Å²) < 4.78 is 30.3. The van der Waals surface area contributed by atoms with Gasteiger partial charge in [0.15, 0.2) is 0 Å². The topological polar surface area (TPSA) is 48.0 Å². The lowest BCUT2D eigenvalue weighted by molar-refractivity contribution is -0.138. The van der Waals surface area contributed by atoms with Crippen LogP contribution in [0.1, 0.15) is 38.8 Å². The average Bonchev–Trinajstić information content (AvgIpc) is 2.64. The number of benzene rings is 2. The van der Waals surface area contributed by atoms with Gasteiger partial charge in [-0.1, -0.05) is 60.7 Å². The Morgan fingerprint density at radius 2 is 1.15 bits per heavy atom. The largest absolute Gasteiger partial charge is 0.492 e. The van der Waals surface area contributed by atoms with Gasteiger partial charge in [0.2, 0.25) is 0 Å². The molecule has 0 aromatic heterocycles. The average molecular weight is 377 g/mol. The van der Waals surface area contributed by atoms with Crippen molar-refractivity contribution in [2.75, 3.05) is 0 Å². The fourth-order valence-corrected chi connectivity index (χ4v) is 3.83. The molecule has 2 rings (SSSR count). The highest BCUT2D eigenvalue weighted by Gasteiger charge is 2.33. The van der Waals surface area contributed by atoms with E-state index in [2.05, 4.69) is 0 Å². The SMILES string of the molecule is CC(C)N(OP(=O)(OCc1ccccc1)OCc1ccccc1)C(C)C. The molecule has 0 aliphatic carbocycles. The molecule has 0 saturated heterocycles. The van der Waals surface area contributed by atoms with Gasteiger partial charge in [-0.2, -0.15) is 9.69 Å². The molecule has 2 aromatic carbocycles. The first-order valence-electron chi connectivity index (χ1n) is 8.84. The number of hydrogen-bond acceptors (Lipinski definition) is 5. The van der Waals surface area contributed by atoms with Gasteiger partial charge < -0.3 is 0 Å². The molecule has 2 aromatic rings. The molecule has 26 heavy (non-hydrogen) atoms. The normalized spacial score (nSPS) is 12.3. The van der Waals surface area contributed by atoms with E-state index in [1.54, 1.807) is 5.06 Å². The Kier molecular flexibility index (Phi) is 8.01. The maximum Gasteiger partial charge on any atom is 0.492 e. The lowest BCUT2D eigenvalue weighted by Crippen LogP contribution is -2.36. The molecule has 0 atom stereocenters. The summed E-state index contributed by atoms with van der Waals surface area (Å²) in [6.07, 6.45) is 0. The van der Waals surface area contributed by atoms with Crippen molar-refractivity contribution in [3.8, 4) is 0 Å². The second-order valence-electron chi connectivity index (χ2n) is 6.59. The fourth-order valence-electron chi connectivity index (χ4n) is 2.44. The maximum atomic E-state index is 13.3. The summed E-state index contributed by atoms with van der Waals surface area (Å²) in [6, 6.07) is 19.2. The zero-order valence-corrected chi connectivity index (χ0v) is 16.8. The second kappa shape index (κ2) is 10.0. The summed E-state index contributed by atoms with van der Waals surface area (Å²) in [5.41, 5.74) is 1.81. The molecular weight excluding hydrogens is 349 g/mol. The van der Waals surface area contributed by atoms with Crippen LogP contribution in [0.4, 0.5) is 0 Å². The molecule has 0 bridgehead atoms. The first kappa shape index (κ1) is 20.8. The molecule has 0 saturated carbocycles. The maximum absolute atomic E-state index is 13.3. The first-order chi connectivity index (χ1) is 12.4. The molecule has 142 valence electrons. The van der Waals surface area contributed by atoms with Gasteiger partial charge in [0.05, 0.1) is 13.2 Å². The Bertz CT molecular complexity index is 636. The summed E-state index contributed by atoms with van der Waals surface area (Å²) in [5.74, 6) is 0. The number of phosphoric ester groups is 1. The van der Waals surface area contributed by atoms with Crippen molar-refractivity contribution in [3.05, 3.63) is 71.8 Å². The molecule has 0 spiro atoms. The van der Waals surface area contributed by atoms with E-state index in [1.165, 1.54) is 0 Å². The molecule has 6 heteroatoms. The lowest BCUT2D eigenvalue weighted by atomic mass is 10.2. The minimum atomic E-state index is -3.79. The van der Waals surface area contributed by atoms with E-state index in [0.29, 0.717) is 0 Å². The second-order valence-corrected chi connectivity index (χ2v) is 8.17. The predicted molar refractivity (Wildman–Crippen MR) is 103 cm³/mol. The van der Waals surface area contributed by atoms with Crippen LogP contribution in [0.2, 0.25) is 0 Å². The van der Waals surface area contributed by atoms with Gasteiger partial charge in [0.1, 0.15) is 0 Å². The Hall–Kier alpha value is -1.49.